The van der Waals surface area contributed by atoms with Crippen LogP contribution in [0.1, 0.15) is 18.7 Å². The van der Waals surface area contributed by atoms with Crippen molar-refractivity contribution in [3.63, 3.8) is 0 Å². The number of aliphatic hydroxyl groups is 1. The first-order valence-electron chi connectivity index (χ1n) is 9.49. The van der Waals surface area contributed by atoms with Crippen LogP contribution in [-0.2, 0) is 14.6 Å². The monoisotopic (exact) mass is 465 g/mol. The number of hydrogen-bond acceptors (Lipinski definition) is 9. The summed E-state index contributed by atoms with van der Waals surface area (Å²) < 4.78 is 27.6. The summed E-state index contributed by atoms with van der Waals surface area (Å²) in [6, 6.07) is 1.63. The van der Waals surface area contributed by atoms with Gasteiger partial charge in [-0.1, -0.05) is 11.6 Å². The number of halogens is 1. The van der Waals surface area contributed by atoms with Crippen LogP contribution in [0.15, 0.2) is 24.8 Å². The van der Waals surface area contributed by atoms with E-state index in [1.807, 2.05) is 0 Å². The molecule has 164 valence electrons. The minimum absolute atomic E-state index is 0.193. The SMILES string of the molecule is CCNC(=O)[C@@H]1C[C@@H](O)[C@H](n2cnc3c(NC)nc(-c4cncc(Cl)c4)nc32)S1(=O)=O. The molecule has 0 aromatic carbocycles. The van der Waals surface area contributed by atoms with Gasteiger partial charge in [0, 0.05) is 38.0 Å². The van der Waals surface area contributed by atoms with Crippen LogP contribution in [0, 0.1) is 0 Å². The van der Waals surface area contributed by atoms with Crippen LogP contribution in [0.4, 0.5) is 5.82 Å². The van der Waals surface area contributed by atoms with E-state index in [-0.39, 0.29) is 24.4 Å². The summed E-state index contributed by atoms with van der Waals surface area (Å²) in [6.07, 6.45) is 2.76. The predicted molar refractivity (Wildman–Crippen MR) is 114 cm³/mol. The van der Waals surface area contributed by atoms with Crippen LogP contribution < -0.4 is 10.6 Å². The smallest absolute Gasteiger partial charge is 0.238 e. The lowest BCUT2D eigenvalue weighted by Crippen LogP contribution is -2.38. The largest absolute Gasteiger partial charge is 0.390 e. The number of carbonyl (C=O) groups is 1. The van der Waals surface area contributed by atoms with E-state index in [0.717, 1.165) is 0 Å². The number of carbonyl (C=O) groups excluding carboxylic acids is 1. The molecule has 0 bridgehead atoms. The second-order valence-corrected chi connectivity index (χ2v) is 9.69. The minimum atomic E-state index is -4.07. The van der Waals surface area contributed by atoms with Gasteiger partial charge < -0.3 is 15.7 Å². The van der Waals surface area contributed by atoms with Gasteiger partial charge in [0.1, 0.15) is 5.25 Å². The highest BCUT2D eigenvalue weighted by Gasteiger charge is 2.52. The van der Waals surface area contributed by atoms with Crippen molar-refractivity contribution in [3.05, 3.63) is 29.8 Å². The van der Waals surface area contributed by atoms with Crippen LogP contribution in [-0.4, -0.2) is 68.9 Å². The zero-order valence-electron chi connectivity index (χ0n) is 16.6. The van der Waals surface area contributed by atoms with Gasteiger partial charge in [-0.3, -0.25) is 14.3 Å². The van der Waals surface area contributed by atoms with Crippen molar-refractivity contribution in [1.82, 2.24) is 29.8 Å². The number of hydrogen-bond donors (Lipinski definition) is 3. The fraction of sp³-hybridized carbons (Fsp3) is 0.389. The summed E-state index contributed by atoms with van der Waals surface area (Å²) in [5, 5.41) is 13.7. The molecule has 0 unspecified atom stereocenters. The van der Waals surface area contributed by atoms with Crippen LogP contribution in [0.3, 0.4) is 0 Å². The van der Waals surface area contributed by atoms with Crippen LogP contribution in [0.5, 0.6) is 0 Å². The Hall–Kier alpha value is -2.83. The van der Waals surface area contributed by atoms with E-state index in [0.29, 0.717) is 21.9 Å². The van der Waals surface area contributed by atoms with E-state index in [4.69, 9.17) is 11.6 Å². The number of aromatic nitrogens is 5. The fourth-order valence-corrected chi connectivity index (χ4v) is 6.06. The van der Waals surface area contributed by atoms with E-state index in [1.165, 1.54) is 23.3 Å². The highest BCUT2D eigenvalue weighted by Crippen LogP contribution is 2.38. The maximum absolute atomic E-state index is 13.2. The summed E-state index contributed by atoms with van der Waals surface area (Å²) in [4.78, 5) is 29.5. The highest BCUT2D eigenvalue weighted by molar-refractivity contribution is 7.93. The van der Waals surface area contributed by atoms with Crippen LogP contribution in [0.25, 0.3) is 22.6 Å². The molecule has 4 rings (SSSR count). The topological polar surface area (TPSA) is 152 Å². The van der Waals surface area contributed by atoms with E-state index >= 15 is 0 Å². The lowest BCUT2D eigenvalue weighted by atomic mass is 10.2. The van der Waals surface area contributed by atoms with Crippen molar-refractivity contribution < 1.29 is 18.3 Å². The number of fused-ring (bicyclic) bond motifs is 1. The van der Waals surface area contributed by atoms with Gasteiger partial charge in [-0.25, -0.2) is 23.4 Å². The predicted octanol–water partition coefficient (Wildman–Crippen LogP) is 0.766. The lowest BCUT2D eigenvalue weighted by Gasteiger charge is -2.17. The van der Waals surface area contributed by atoms with E-state index in [1.54, 1.807) is 20.0 Å². The fourth-order valence-electron chi connectivity index (χ4n) is 3.69. The first kappa shape index (κ1) is 21.4. The molecule has 31 heavy (non-hydrogen) atoms. The van der Waals surface area contributed by atoms with Gasteiger partial charge in [-0.05, 0) is 13.0 Å². The molecule has 1 aliphatic rings. The Morgan fingerprint density at radius 2 is 2.13 bits per heavy atom. The molecule has 1 amide bonds. The van der Waals surface area contributed by atoms with Crippen molar-refractivity contribution in [2.75, 3.05) is 18.9 Å². The molecule has 0 saturated carbocycles. The quantitative estimate of drug-likeness (QED) is 0.495. The average Bonchev–Trinajstić information content (AvgIpc) is 3.24. The zero-order chi connectivity index (χ0) is 22.3. The third kappa shape index (κ3) is 3.60. The Kier molecular flexibility index (Phi) is 5.54. The minimum Gasteiger partial charge on any atom is -0.390 e. The molecule has 3 aromatic rings. The molecule has 11 nitrogen and oxygen atoms in total. The molecule has 0 aliphatic carbocycles. The number of pyridine rings is 1. The first-order valence-corrected chi connectivity index (χ1v) is 11.5. The van der Waals surface area contributed by atoms with Gasteiger partial charge in [0.05, 0.1) is 17.5 Å². The number of nitrogens with one attached hydrogen (secondary N) is 2. The van der Waals surface area contributed by atoms with Crippen molar-refractivity contribution in [2.45, 2.75) is 30.1 Å². The molecule has 0 radical (unpaired) electrons. The summed E-state index contributed by atoms with van der Waals surface area (Å²) in [5.41, 5.74) is 1.04. The van der Waals surface area contributed by atoms with Crippen molar-refractivity contribution >= 4 is 44.3 Å². The molecule has 1 fully saturated rings. The van der Waals surface area contributed by atoms with Gasteiger partial charge in [-0.2, -0.15) is 0 Å². The number of rotatable bonds is 5. The van der Waals surface area contributed by atoms with Crippen molar-refractivity contribution in [3.8, 4) is 11.4 Å². The summed E-state index contributed by atoms with van der Waals surface area (Å²) in [7, 11) is -2.42. The van der Waals surface area contributed by atoms with Gasteiger partial charge in [-0.15, -0.1) is 0 Å². The zero-order valence-corrected chi connectivity index (χ0v) is 18.2. The van der Waals surface area contributed by atoms with Gasteiger partial charge in [0.15, 0.2) is 38.0 Å². The maximum atomic E-state index is 13.2. The van der Waals surface area contributed by atoms with Gasteiger partial charge in [0.2, 0.25) is 5.91 Å². The summed E-state index contributed by atoms with van der Waals surface area (Å²) >= 11 is 6.03. The number of anilines is 1. The number of imidazole rings is 1. The molecule has 3 N–H and O–H groups in total. The lowest BCUT2D eigenvalue weighted by molar-refractivity contribution is -0.120. The normalized spacial score (nSPS) is 22.5. The van der Waals surface area contributed by atoms with E-state index in [9.17, 15) is 18.3 Å². The Labute approximate surface area is 182 Å². The average molecular weight is 466 g/mol. The molecule has 13 heteroatoms. The molecule has 3 aromatic heterocycles. The van der Waals surface area contributed by atoms with Crippen molar-refractivity contribution in [1.29, 1.82) is 0 Å². The first-order chi connectivity index (χ1) is 14.8. The summed E-state index contributed by atoms with van der Waals surface area (Å²) in [5.74, 6) is -0.0210. The number of aliphatic hydroxyl groups excluding tert-OH is 1. The van der Waals surface area contributed by atoms with Crippen LogP contribution >= 0.6 is 11.6 Å². The van der Waals surface area contributed by atoms with Gasteiger partial charge >= 0.3 is 0 Å². The van der Waals surface area contributed by atoms with Crippen molar-refractivity contribution in [2.24, 2.45) is 0 Å². The molecular weight excluding hydrogens is 446 g/mol. The van der Waals surface area contributed by atoms with Crippen LogP contribution in [0.2, 0.25) is 5.02 Å². The number of sulfone groups is 1. The van der Waals surface area contributed by atoms with E-state index in [2.05, 4.69) is 30.6 Å². The summed E-state index contributed by atoms with van der Waals surface area (Å²) in [6.45, 7) is 1.98. The third-order valence-corrected chi connectivity index (χ3v) is 7.68. The Bertz CT molecular complexity index is 1260. The second-order valence-electron chi connectivity index (χ2n) is 7.03. The molecule has 3 atom stereocenters. The number of nitrogens with zero attached hydrogens (tertiary/aromatic N) is 5. The Morgan fingerprint density at radius 1 is 1.35 bits per heavy atom. The Balaban J connectivity index is 1.87. The number of amides is 1. The van der Waals surface area contributed by atoms with Gasteiger partial charge in [0.25, 0.3) is 0 Å². The molecule has 1 aliphatic heterocycles. The Morgan fingerprint density at radius 3 is 2.81 bits per heavy atom. The standard InChI is InChI=1S/C18H20ClN7O4S/c1-3-22-17(28)12-5-11(27)18(31(12,29)30)26-8-23-13-15(20-2)24-14(25-16(13)26)9-4-10(19)7-21-6-9/h4,6-8,11-12,18,27H,3,5H2,1-2H3,(H,22,28)(H,20,24,25)/t11-,12+,18-/m1/s1. The molecule has 0 spiro atoms. The molecule has 1 saturated heterocycles. The second kappa shape index (κ2) is 8.02. The molecular formula is C18H20ClN7O4S. The van der Waals surface area contributed by atoms with E-state index < -0.39 is 32.5 Å². The highest BCUT2D eigenvalue weighted by atomic mass is 35.5. The maximum Gasteiger partial charge on any atom is 0.238 e. The molecule has 4 heterocycles. The third-order valence-electron chi connectivity index (χ3n) is 5.06.